The Morgan fingerprint density at radius 1 is 1.23 bits per heavy atom. The average Bonchev–Trinajstić information content (AvgIpc) is 3.20. The molecule has 8 heteroatoms. The lowest BCUT2D eigenvalue weighted by Gasteiger charge is -2.06. The Morgan fingerprint density at radius 2 is 2.09 bits per heavy atom. The number of aryl methyl sites for hydroxylation is 1. The molecule has 0 unspecified atom stereocenters. The van der Waals surface area contributed by atoms with Gasteiger partial charge in [-0.25, -0.2) is 9.97 Å². The average molecular weight is 336 g/mol. The molecule has 3 aromatic rings. The lowest BCUT2D eigenvalue weighted by atomic mass is 10.3. The summed E-state index contributed by atoms with van der Waals surface area (Å²) >= 11 is 3.10. The van der Waals surface area contributed by atoms with Gasteiger partial charge in [0, 0.05) is 23.1 Å². The summed E-state index contributed by atoms with van der Waals surface area (Å²) in [4.78, 5) is 13.3. The van der Waals surface area contributed by atoms with E-state index in [1.165, 1.54) is 11.3 Å². The first-order valence-electron chi connectivity index (χ1n) is 6.96. The Balaban J connectivity index is 1.70. The van der Waals surface area contributed by atoms with Gasteiger partial charge in [-0.05, 0) is 20.8 Å². The van der Waals surface area contributed by atoms with Crippen LogP contribution in [0, 0.1) is 6.92 Å². The molecule has 0 N–H and O–H groups in total. The van der Waals surface area contributed by atoms with Crippen LogP contribution in [0.1, 0.15) is 42.2 Å². The zero-order valence-electron chi connectivity index (χ0n) is 12.6. The van der Waals surface area contributed by atoms with E-state index in [1.807, 2.05) is 31.5 Å². The maximum absolute atomic E-state index is 5.55. The number of aromatic nitrogens is 4. The van der Waals surface area contributed by atoms with E-state index in [4.69, 9.17) is 9.26 Å². The third kappa shape index (κ3) is 3.40. The number of hydrogen-bond donors (Lipinski definition) is 0. The third-order valence-corrected chi connectivity index (χ3v) is 4.96. The smallest absolute Gasteiger partial charge is 0.233 e. The lowest BCUT2D eigenvalue weighted by Crippen LogP contribution is -1.99. The van der Waals surface area contributed by atoms with Crippen molar-refractivity contribution in [3.8, 4) is 10.8 Å². The molecule has 0 radical (unpaired) electrons. The molecule has 0 bridgehead atoms. The van der Waals surface area contributed by atoms with E-state index in [2.05, 4.69) is 20.1 Å². The van der Waals surface area contributed by atoms with Crippen LogP contribution < -0.4 is 0 Å². The third-order valence-electron chi connectivity index (χ3n) is 2.94. The molecule has 0 aliphatic heterocycles. The summed E-state index contributed by atoms with van der Waals surface area (Å²) in [5.41, 5.74) is 1.87. The van der Waals surface area contributed by atoms with Crippen molar-refractivity contribution < 1.29 is 9.26 Å². The molecular weight excluding hydrogens is 320 g/mol. The van der Waals surface area contributed by atoms with Gasteiger partial charge in [-0.1, -0.05) is 5.16 Å². The van der Waals surface area contributed by atoms with Crippen LogP contribution in [0.3, 0.4) is 0 Å². The SMILES string of the molecule is CCO[C@H](C)c1nc(Cc2nc(-c3nc(C)cs3)no2)cs1. The summed E-state index contributed by atoms with van der Waals surface area (Å²) in [6.07, 6.45) is 0.535. The second kappa shape index (κ2) is 6.64. The van der Waals surface area contributed by atoms with Crippen molar-refractivity contribution in [2.24, 2.45) is 0 Å². The quantitative estimate of drug-likeness (QED) is 0.684. The molecular formula is C14H16N4O2S2. The monoisotopic (exact) mass is 336 g/mol. The van der Waals surface area contributed by atoms with Crippen LogP contribution in [0.5, 0.6) is 0 Å². The first-order valence-corrected chi connectivity index (χ1v) is 8.72. The van der Waals surface area contributed by atoms with E-state index < -0.39 is 0 Å². The zero-order chi connectivity index (χ0) is 15.5. The summed E-state index contributed by atoms with van der Waals surface area (Å²) < 4.78 is 10.8. The number of hydrogen-bond acceptors (Lipinski definition) is 8. The Labute approximate surface area is 136 Å². The minimum Gasteiger partial charge on any atom is -0.372 e. The van der Waals surface area contributed by atoms with Crippen molar-refractivity contribution >= 4 is 22.7 Å². The summed E-state index contributed by atoms with van der Waals surface area (Å²) in [6.45, 7) is 6.60. The Morgan fingerprint density at radius 3 is 2.82 bits per heavy atom. The van der Waals surface area contributed by atoms with Crippen molar-refractivity contribution in [2.45, 2.75) is 33.3 Å². The minimum absolute atomic E-state index is 0.0142. The summed E-state index contributed by atoms with van der Waals surface area (Å²) in [5.74, 6) is 1.08. The van der Waals surface area contributed by atoms with Gasteiger partial charge in [-0.3, -0.25) is 0 Å². The van der Waals surface area contributed by atoms with Crippen molar-refractivity contribution in [2.75, 3.05) is 6.61 Å². The van der Waals surface area contributed by atoms with E-state index >= 15 is 0 Å². The molecule has 6 nitrogen and oxygen atoms in total. The highest BCUT2D eigenvalue weighted by atomic mass is 32.1. The van der Waals surface area contributed by atoms with Crippen molar-refractivity contribution in [3.05, 3.63) is 33.0 Å². The highest BCUT2D eigenvalue weighted by Gasteiger charge is 2.15. The van der Waals surface area contributed by atoms with Crippen LogP contribution in [0.25, 0.3) is 10.8 Å². The fraction of sp³-hybridized carbons (Fsp3) is 0.429. The Hall–Kier alpha value is -1.64. The molecule has 0 amide bonds. The van der Waals surface area contributed by atoms with Gasteiger partial charge in [0.25, 0.3) is 0 Å². The molecule has 0 saturated carbocycles. The minimum atomic E-state index is 0.0142. The summed E-state index contributed by atoms with van der Waals surface area (Å²) in [5, 5.41) is 9.69. The van der Waals surface area contributed by atoms with Gasteiger partial charge in [0.15, 0.2) is 5.01 Å². The van der Waals surface area contributed by atoms with Gasteiger partial charge in [0.05, 0.1) is 12.1 Å². The zero-order valence-corrected chi connectivity index (χ0v) is 14.2. The first kappa shape index (κ1) is 15.3. The van der Waals surface area contributed by atoms with Crippen LogP contribution in [-0.2, 0) is 11.2 Å². The van der Waals surface area contributed by atoms with Crippen molar-refractivity contribution in [1.82, 2.24) is 20.1 Å². The second-order valence-corrected chi connectivity index (χ2v) is 6.50. The number of nitrogens with zero attached hydrogens (tertiary/aromatic N) is 4. The summed E-state index contributed by atoms with van der Waals surface area (Å²) in [7, 11) is 0. The molecule has 0 saturated heterocycles. The van der Waals surface area contributed by atoms with Crippen molar-refractivity contribution in [1.29, 1.82) is 0 Å². The highest BCUT2D eigenvalue weighted by molar-refractivity contribution is 7.13. The molecule has 1 atom stereocenters. The van der Waals surface area contributed by atoms with E-state index in [-0.39, 0.29) is 6.10 Å². The molecule has 0 aromatic carbocycles. The largest absolute Gasteiger partial charge is 0.372 e. The predicted molar refractivity (Wildman–Crippen MR) is 85.1 cm³/mol. The normalized spacial score (nSPS) is 12.7. The van der Waals surface area contributed by atoms with E-state index in [0.717, 1.165) is 21.4 Å². The Kier molecular flexibility index (Phi) is 4.60. The van der Waals surface area contributed by atoms with Crippen molar-refractivity contribution in [3.63, 3.8) is 0 Å². The molecule has 3 rings (SSSR count). The van der Waals surface area contributed by atoms with Crippen LogP contribution in [-0.4, -0.2) is 26.7 Å². The standard InChI is InChI=1S/C14H16N4O2S2/c1-4-19-9(3)13-16-10(7-22-13)5-11-17-12(18-20-11)14-15-8(2)6-21-14/h6-7,9H,4-5H2,1-3H3/t9-/m1/s1. The molecule has 3 aromatic heterocycles. The van der Waals surface area contributed by atoms with Gasteiger partial charge >= 0.3 is 0 Å². The van der Waals surface area contributed by atoms with Crippen LogP contribution in [0.15, 0.2) is 15.3 Å². The van der Waals surface area contributed by atoms with Gasteiger partial charge in [0.1, 0.15) is 11.1 Å². The van der Waals surface area contributed by atoms with E-state index in [1.54, 1.807) is 11.3 Å². The molecule has 0 fully saturated rings. The number of rotatable bonds is 6. The van der Waals surface area contributed by atoms with Crippen LogP contribution in [0.2, 0.25) is 0 Å². The van der Waals surface area contributed by atoms with E-state index in [0.29, 0.717) is 24.7 Å². The van der Waals surface area contributed by atoms with Gasteiger partial charge in [-0.2, -0.15) is 4.98 Å². The van der Waals surface area contributed by atoms with E-state index in [9.17, 15) is 0 Å². The lowest BCUT2D eigenvalue weighted by molar-refractivity contribution is 0.0761. The second-order valence-electron chi connectivity index (χ2n) is 4.76. The highest BCUT2D eigenvalue weighted by Crippen LogP contribution is 2.24. The molecule has 0 aliphatic carbocycles. The van der Waals surface area contributed by atoms with Crippen LogP contribution >= 0.6 is 22.7 Å². The predicted octanol–water partition coefficient (Wildman–Crippen LogP) is 3.65. The molecule has 3 heterocycles. The van der Waals surface area contributed by atoms with Gasteiger partial charge in [0.2, 0.25) is 11.7 Å². The first-order chi connectivity index (χ1) is 10.7. The maximum Gasteiger partial charge on any atom is 0.233 e. The Bertz CT molecular complexity index is 749. The molecule has 22 heavy (non-hydrogen) atoms. The molecule has 0 spiro atoms. The number of ether oxygens (including phenoxy) is 1. The fourth-order valence-corrected chi connectivity index (χ4v) is 3.48. The van der Waals surface area contributed by atoms with Gasteiger partial charge in [-0.15, -0.1) is 22.7 Å². The number of thiazole rings is 2. The topological polar surface area (TPSA) is 73.9 Å². The molecule has 116 valence electrons. The summed E-state index contributed by atoms with van der Waals surface area (Å²) in [6, 6.07) is 0. The van der Waals surface area contributed by atoms with Crippen LogP contribution in [0.4, 0.5) is 0 Å². The van der Waals surface area contributed by atoms with Gasteiger partial charge < -0.3 is 9.26 Å². The fourth-order valence-electron chi connectivity index (χ4n) is 1.94. The maximum atomic E-state index is 5.55. The molecule has 0 aliphatic rings.